The van der Waals surface area contributed by atoms with Crippen LogP contribution in [0.3, 0.4) is 0 Å². The molecule has 0 unspecified atom stereocenters. The molecule has 0 saturated carbocycles. The molecule has 0 aliphatic carbocycles. The first-order valence-corrected chi connectivity index (χ1v) is 17.2. The van der Waals surface area contributed by atoms with Crippen LogP contribution in [-0.4, -0.2) is 9.97 Å². The summed E-state index contributed by atoms with van der Waals surface area (Å²) in [6.07, 6.45) is 0. The lowest BCUT2D eigenvalue weighted by molar-refractivity contribution is 0.487. The lowest BCUT2D eigenvalue weighted by Gasteiger charge is -2.22. The van der Waals surface area contributed by atoms with Crippen molar-refractivity contribution in [3.63, 3.8) is 0 Å². The van der Waals surface area contributed by atoms with E-state index in [9.17, 15) is 0 Å². The summed E-state index contributed by atoms with van der Waals surface area (Å²) in [5, 5.41) is 4.65. The van der Waals surface area contributed by atoms with Crippen molar-refractivity contribution in [2.75, 3.05) is 0 Å². The Morgan fingerprint density at radius 2 is 0.941 bits per heavy atom. The van der Waals surface area contributed by atoms with Crippen molar-refractivity contribution >= 4 is 21.5 Å². The van der Waals surface area contributed by atoms with E-state index < -0.39 is 0 Å². The highest BCUT2D eigenvalue weighted by atomic mass is 16.5. The van der Waals surface area contributed by atoms with Gasteiger partial charge in [-0.2, -0.15) is 0 Å². The number of rotatable bonds is 5. The van der Waals surface area contributed by atoms with Gasteiger partial charge in [0, 0.05) is 27.6 Å². The zero-order chi connectivity index (χ0) is 33.7. The first kappa shape index (κ1) is 29.1. The van der Waals surface area contributed by atoms with E-state index in [-0.39, 0.29) is 0 Å². The Labute approximate surface area is 296 Å². The molecule has 0 saturated heterocycles. The SMILES string of the molecule is c1ccc(-c2ccc(-c3cc(-c4ccc(-c5ccc6c(c5)-c5cccc7cccc(c57)O6)c5ccccc45)nc(-c4ccccc4)n3)cc2)cc1. The Balaban J connectivity index is 1.11. The van der Waals surface area contributed by atoms with E-state index in [1.54, 1.807) is 0 Å². The molecule has 0 bridgehead atoms. The van der Waals surface area contributed by atoms with Gasteiger partial charge in [0.2, 0.25) is 0 Å². The molecule has 0 N–H and O–H groups in total. The first-order chi connectivity index (χ1) is 25.3. The number of benzene rings is 8. The molecule has 1 aliphatic heterocycles. The monoisotopic (exact) mass is 650 g/mol. The van der Waals surface area contributed by atoms with Gasteiger partial charge in [-0.25, -0.2) is 9.97 Å². The normalized spacial score (nSPS) is 11.7. The predicted octanol–water partition coefficient (Wildman–Crippen LogP) is 12.9. The maximum Gasteiger partial charge on any atom is 0.160 e. The van der Waals surface area contributed by atoms with Gasteiger partial charge in [0.05, 0.1) is 11.4 Å². The number of fused-ring (bicyclic) bond motifs is 3. The van der Waals surface area contributed by atoms with Gasteiger partial charge in [0.15, 0.2) is 5.82 Å². The molecule has 238 valence electrons. The van der Waals surface area contributed by atoms with Crippen LogP contribution in [0.15, 0.2) is 182 Å². The molecule has 1 aromatic heterocycles. The van der Waals surface area contributed by atoms with Crippen molar-refractivity contribution in [2.24, 2.45) is 0 Å². The summed E-state index contributed by atoms with van der Waals surface area (Å²) in [7, 11) is 0. The summed E-state index contributed by atoms with van der Waals surface area (Å²) in [6.45, 7) is 0. The van der Waals surface area contributed by atoms with Crippen molar-refractivity contribution < 1.29 is 4.74 Å². The molecule has 0 atom stereocenters. The van der Waals surface area contributed by atoms with Crippen LogP contribution in [0.1, 0.15) is 0 Å². The highest BCUT2D eigenvalue weighted by molar-refractivity contribution is 6.07. The second-order valence-electron chi connectivity index (χ2n) is 13.0. The fourth-order valence-electron chi connectivity index (χ4n) is 7.42. The first-order valence-electron chi connectivity index (χ1n) is 17.2. The Morgan fingerprint density at radius 3 is 1.73 bits per heavy atom. The average molecular weight is 651 g/mol. The molecule has 3 nitrogen and oxygen atoms in total. The summed E-state index contributed by atoms with van der Waals surface area (Å²) in [5.41, 5.74) is 11.8. The zero-order valence-electron chi connectivity index (χ0n) is 27.6. The van der Waals surface area contributed by atoms with Crippen molar-refractivity contribution in [1.82, 2.24) is 9.97 Å². The van der Waals surface area contributed by atoms with Crippen LogP contribution < -0.4 is 4.74 Å². The van der Waals surface area contributed by atoms with Crippen LogP contribution in [0, 0.1) is 0 Å². The minimum Gasteiger partial charge on any atom is -0.456 e. The van der Waals surface area contributed by atoms with Gasteiger partial charge in [-0.1, -0.05) is 158 Å². The predicted molar refractivity (Wildman–Crippen MR) is 210 cm³/mol. The van der Waals surface area contributed by atoms with Gasteiger partial charge in [-0.05, 0) is 68.2 Å². The number of aromatic nitrogens is 2. The highest BCUT2D eigenvalue weighted by Crippen LogP contribution is 2.48. The third-order valence-electron chi connectivity index (χ3n) is 9.91. The molecule has 9 aromatic rings. The van der Waals surface area contributed by atoms with E-state index in [4.69, 9.17) is 14.7 Å². The lowest BCUT2D eigenvalue weighted by Crippen LogP contribution is -1.98. The molecule has 0 spiro atoms. The summed E-state index contributed by atoms with van der Waals surface area (Å²) < 4.78 is 6.41. The van der Waals surface area contributed by atoms with Crippen molar-refractivity contribution in [1.29, 1.82) is 0 Å². The molecule has 10 rings (SSSR count). The van der Waals surface area contributed by atoms with Gasteiger partial charge in [0.1, 0.15) is 11.5 Å². The maximum atomic E-state index is 6.41. The van der Waals surface area contributed by atoms with Crippen LogP contribution in [0.2, 0.25) is 0 Å². The Kier molecular flexibility index (Phi) is 6.81. The van der Waals surface area contributed by atoms with Crippen LogP contribution >= 0.6 is 0 Å². The molecule has 1 aliphatic rings. The average Bonchev–Trinajstić information content (AvgIpc) is 3.21. The summed E-state index contributed by atoms with van der Waals surface area (Å²) in [4.78, 5) is 10.3. The largest absolute Gasteiger partial charge is 0.456 e. The topological polar surface area (TPSA) is 35.0 Å². The van der Waals surface area contributed by atoms with E-state index >= 15 is 0 Å². The van der Waals surface area contributed by atoms with Crippen LogP contribution in [0.4, 0.5) is 0 Å². The molecular formula is C48H30N2O. The fraction of sp³-hybridized carbons (Fsp3) is 0. The van der Waals surface area contributed by atoms with E-state index in [2.05, 4.69) is 158 Å². The molecule has 2 heterocycles. The molecule has 51 heavy (non-hydrogen) atoms. The second-order valence-corrected chi connectivity index (χ2v) is 13.0. The van der Waals surface area contributed by atoms with Crippen molar-refractivity contribution in [2.45, 2.75) is 0 Å². The van der Waals surface area contributed by atoms with Crippen molar-refractivity contribution in [3.05, 3.63) is 182 Å². The molecule has 0 fully saturated rings. The summed E-state index contributed by atoms with van der Waals surface area (Å²) >= 11 is 0. The Bertz CT molecular complexity index is 2750. The standard InChI is InChI=1S/C48H30N2O/c1-3-11-31(12-4-1)32-21-23-33(24-22-32)43-30-44(50-48(49-43)35-13-5-2-6-14-35)40-27-26-37(38-17-7-8-18-39(38)40)36-25-28-45-42(29-36)41-19-9-15-34-16-10-20-46(51-45)47(34)41/h1-30H. The molecular weight excluding hydrogens is 621 g/mol. The van der Waals surface area contributed by atoms with E-state index in [0.29, 0.717) is 5.82 Å². The zero-order valence-corrected chi connectivity index (χ0v) is 27.6. The molecule has 8 aromatic carbocycles. The maximum absolute atomic E-state index is 6.41. The molecule has 0 radical (unpaired) electrons. The second kappa shape index (κ2) is 11.9. The van der Waals surface area contributed by atoms with Gasteiger partial charge >= 0.3 is 0 Å². The summed E-state index contributed by atoms with van der Waals surface area (Å²) in [6, 6.07) is 63.8. The van der Waals surface area contributed by atoms with Crippen molar-refractivity contribution in [3.8, 4) is 78.8 Å². The number of hydrogen-bond donors (Lipinski definition) is 0. The Morgan fingerprint density at radius 1 is 0.333 bits per heavy atom. The highest BCUT2D eigenvalue weighted by Gasteiger charge is 2.21. The van der Waals surface area contributed by atoms with Crippen LogP contribution in [0.5, 0.6) is 11.5 Å². The summed E-state index contributed by atoms with van der Waals surface area (Å²) in [5.74, 6) is 2.49. The minimum atomic E-state index is 0.701. The lowest BCUT2D eigenvalue weighted by atomic mass is 9.89. The fourth-order valence-corrected chi connectivity index (χ4v) is 7.42. The van der Waals surface area contributed by atoms with Gasteiger partial charge in [-0.15, -0.1) is 0 Å². The molecule has 0 amide bonds. The van der Waals surface area contributed by atoms with E-state index in [0.717, 1.165) is 67.0 Å². The quantitative estimate of drug-likeness (QED) is 0.186. The van der Waals surface area contributed by atoms with Gasteiger partial charge in [-0.3, -0.25) is 0 Å². The number of nitrogens with zero attached hydrogens (tertiary/aromatic N) is 2. The van der Waals surface area contributed by atoms with E-state index in [1.807, 2.05) is 24.3 Å². The molecule has 3 heteroatoms. The third-order valence-corrected chi connectivity index (χ3v) is 9.91. The van der Waals surface area contributed by atoms with Gasteiger partial charge in [0.25, 0.3) is 0 Å². The van der Waals surface area contributed by atoms with Gasteiger partial charge < -0.3 is 4.74 Å². The smallest absolute Gasteiger partial charge is 0.160 e. The van der Waals surface area contributed by atoms with Crippen LogP contribution in [-0.2, 0) is 0 Å². The number of ether oxygens (including phenoxy) is 1. The minimum absolute atomic E-state index is 0.701. The number of hydrogen-bond acceptors (Lipinski definition) is 3. The van der Waals surface area contributed by atoms with Crippen LogP contribution in [0.25, 0.3) is 88.8 Å². The van der Waals surface area contributed by atoms with E-state index in [1.165, 1.54) is 27.5 Å². The third kappa shape index (κ3) is 5.06. The Hall–Kier alpha value is -6.84.